The molecule has 2 heterocycles. The second-order valence-corrected chi connectivity index (χ2v) is 14.2. The third-order valence-electron chi connectivity index (χ3n) is 8.67. The van der Waals surface area contributed by atoms with Crippen LogP contribution < -0.4 is 4.74 Å². The number of rotatable bonds is 7. The Hall–Kier alpha value is -3.72. The van der Waals surface area contributed by atoms with Crippen LogP contribution >= 0.6 is 0 Å². The SMILES string of the molecule is COc1cc([C@@H](CC(=O)O)c2ccc(C)c(CC3(C)CC[C@H](C)Cc4ccccc4S3(=O)=O)c2)cc2nnn(C)c12. The van der Waals surface area contributed by atoms with E-state index in [4.69, 9.17) is 4.74 Å². The zero-order valence-corrected chi connectivity index (χ0v) is 25.0. The van der Waals surface area contributed by atoms with Crippen molar-refractivity contribution in [2.45, 2.75) is 68.4 Å². The predicted molar refractivity (Wildman–Crippen MR) is 158 cm³/mol. The maximum atomic E-state index is 14.2. The summed E-state index contributed by atoms with van der Waals surface area (Å²) in [7, 11) is -0.298. The monoisotopic (exact) mass is 575 g/mol. The fourth-order valence-corrected chi connectivity index (χ4v) is 8.20. The van der Waals surface area contributed by atoms with Gasteiger partial charge in [-0.1, -0.05) is 48.5 Å². The second kappa shape index (κ2) is 10.9. The molecule has 1 aromatic heterocycles. The van der Waals surface area contributed by atoms with Gasteiger partial charge < -0.3 is 9.84 Å². The Morgan fingerprint density at radius 3 is 2.66 bits per heavy atom. The van der Waals surface area contributed by atoms with Crippen LogP contribution in [0.5, 0.6) is 5.75 Å². The summed E-state index contributed by atoms with van der Waals surface area (Å²) in [5, 5.41) is 18.2. The molecule has 0 aliphatic carbocycles. The molecule has 1 N–H and O–H groups in total. The Morgan fingerprint density at radius 1 is 1.17 bits per heavy atom. The fourth-order valence-electron chi connectivity index (χ4n) is 6.18. The Morgan fingerprint density at radius 2 is 1.93 bits per heavy atom. The summed E-state index contributed by atoms with van der Waals surface area (Å²) < 4.78 is 34.6. The number of sulfone groups is 1. The van der Waals surface area contributed by atoms with Gasteiger partial charge in [0.15, 0.2) is 9.84 Å². The first-order valence-electron chi connectivity index (χ1n) is 13.9. The molecule has 0 fully saturated rings. The maximum Gasteiger partial charge on any atom is 0.304 e. The van der Waals surface area contributed by atoms with E-state index in [1.165, 1.54) is 0 Å². The van der Waals surface area contributed by atoms with E-state index in [0.29, 0.717) is 34.9 Å². The number of benzene rings is 3. The number of fused-ring (bicyclic) bond motifs is 2. The lowest BCUT2D eigenvalue weighted by molar-refractivity contribution is -0.137. The van der Waals surface area contributed by atoms with Crippen LogP contribution in [0.3, 0.4) is 0 Å². The molecular weight excluding hydrogens is 538 g/mol. The van der Waals surface area contributed by atoms with Crippen LogP contribution in [-0.4, -0.2) is 46.3 Å². The van der Waals surface area contributed by atoms with Gasteiger partial charge in [-0.05, 0) is 91.5 Å². The minimum atomic E-state index is -3.64. The Balaban J connectivity index is 1.59. The number of hydrogen-bond acceptors (Lipinski definition) is 6. The zero-order chi connectivity index (χ0) is 29.5. The second-order valence-electron chi connectivity index (χ2n) is 11.7. The van der Waals surface area contributed by atoms with Crippen LogP contribution in [0.1, 0.15) is 66.8 Å². The van der Waals surface area contributed by atoms with Crippen molar-refractivity contribution in [2.24, 2.45) is 13.0 Å². The van der Waals surface area contributed by atoms with Crippen molar-refractivity contribution >= 4 is 26.8 Å². The van der Waals surface area contributed by atoms with Crippen molar-refractivity contribution in [3.05, 3.63) is 82.4 Å². The van der Waals surface area contributed by atoms with Gasteiger partial charge in [-0.2, -0.15) is 0 Å². The first-order valence-corrected chi connectivity index (χ1v) is 15.4. The Labute approximate surface area is 241 Å². The predicted octanol–water partition coefficient (Wildman–Crippen LogP) is 5.64. The summed E-state index contributed by atoms with van der Waals surface area (Å²) >= 11 is 0. The zero-order valence-electron chi connectivity index (χ0n) is 24.2. The average molecular weight is 576 g/mol. The van der Waals surface area contributed by atoms with E-state index < -0.39 is 26.5 Å². The van der Waals surface area contributed by atoms with E-state index in [1.807, 2.05) is 56.3 Å². The number of ether oxygens (including phenoxy) is 1. The molecule has 0 amide bonds. The molecule has 0 radical (unpaired) electrons. The van der Waals surface area contributed by atoms with Crippen molar-refractivity contribution < 1.29 is 23.1 Å². The van der Waals surface area contributed by atoms with E-state index in [9.17, 15) is 18.3 Å². The molecule has 3 aromatic carbocycles. The van der Waals surface area contributed by atoms with Crippen LogP contribution in [-0.2, 0) is 34.5 Å². The molecule has 0 saturated carbocycles. The molecule has 0 spiro atoms. The summed E-state index contributed by atoms with van der Waals surface area (Å²) in [6, 6.07) is 17.0. The number of aliphatic carboxylic acids is 1. The van der Waals surface area contributed by atoms with Crippen molar-refractivity contribution in [3.8, 4) is 5.75 Å². The number of nitrogens with zero attached hydrogens (tertiary/aromatic N) is 3. The lowest BCUT2D eigenvalue weighted by Gasteiger charge is -2.34. The number of hydrogen-bond donors (Lipinski definition) is 1. The molecule has 4 aromatic rings. The van der Waals surface area contributed by atoms with Crippen LogP contribution in [0.2, 0.25) is 0 Å². The number of aryl methyl sites for hydroxylation is 2. The highest BCUT2D eigenvalue weighted by Crippen LogP contribution is 2.41. The summed E-state index contributed by atoms with van der Waals surface area (Å²) in [6.07, 6.45) is 2.30. The largest absolute Gasteiger partial charge is 0.494 e. The summed E-state index contributed by atoms with van der Waals surface area (Å²) in [5.74, 6) is -0.497. The average Bonchev–Trinajstić information content (AvgIpc) is 3.31. The fraction of sp³-hybridized carbons (Fsp3) is 0.406. The molecule has 0 bridgehead atoms. The number of carboxylic acid groups (broad SMARTS) is 1. The standard InChI is InChI=1S/C32H37N3O5S/c1-20-12-13-32(3,41(38,39)29-9-7-6-8-23(29)14-20)19-25-15-22(11-10-21(25)2)26(18-30(36)37)24-16-27-31(28(17-24)40-5)35(4)34-33-27/h6-11,15-17,20,26H,12-14,18-19H2,1-5H3,(H,36,37)/t20-,26-,32?/m0/s1. The van der Waals surface area contributed by atoms with Crippen LogP contribution in [0.25, 0.3) is 11.0 Å². The normalized spacial score (nSPS) is 21.0. The van der Waals surface area contributed by atoms with Crippen LogP contribution in [0, 0.1) is 12.8 Å². The highest BCUT2D eigenvalue weighted by Gasteiger charge is 2.43. The number of aromatic nitrogens is 3. The molecule has 9 heteroatoms. The van der Waals surface area contributed by atoms with Gasteiger partial charge in [0.1, 0.15) is 16.8 Å². The van der Waals surface area contributed by atoms with E-state index in [0.717, 1.165) is 46.2 Å². The van der Waals surface area contributed by atoms with E-state index in [1.54, 1.807) is 31.0 Å². The molecular formula is C32H37N3O5S. The molecule has 5 rings (SSSR count). The third-order valence-corrected chi connectivity index (χ3v) is 11.3. The van der Waals surface area contributed by atoms with Gasteiger partial charge in [0.2, 0.25) is 0 Å². The molecule has 8 nitrogen and oxygen atoms in total. The molecule has 41 heavy (non-hydrogen) atoms. The number of carboxylic acids is 1. The van der Waals surface area contributed by atoms with Crippen LogP contribution in [0.15, 0.2) is 59.5 Å². The first-order chi connectivity index (χ1) is 19.4. The summed E-state index contributed by atoms with van der Waals surface area (Å²) in [4.78, 5) is 12.5. The molecule has 3 atom stereocenters. The molecule has 1 unspecified atom stereocenters. The first kappa shape index (κ1) is 28.8. The summed E-state index contributed by atoms with van der Waals surface area (Å²) in [5.41, 5.74) is 5.66. The molecule has 1 aliphatic heterocycles. The van der Waals surface area contributed by atoms with Gasteiger partial charge in [0.05, 0.1) is 23.2 Å². The molecule has 216 valence electrons. The summed E-state index contributed by atoms with van der Waals surface area (Å²) in [6.45, 7) is 6.03. The van der Waals surface area contributed by atoms with Gasteiger partial charge in [-0.25, -0.2) is 13.1 Å². The molecule has 1 aliphatic rings. The highest BCUT2D eigenvalue weighted by molar-refractivity contribution is 7.92. The van der Waals surface area contributed by atoms with Gasteiger partial charge in [-0.15, -0.1) is 5.10 Å². The van der Waals surface area contributed by atoms with Gasteiger partial charge in [-0.3, -0.25) is 4.79 Å². The van der Waals surface area contributed by atoms with Crippen molar-refractivity contribution in [2.75, 3.05) is 7.11 Å². The van der Waals surface area contributed by atoms with E-state index in [-0.39, 0.29) is 6.42 Å². The third kappa shape index (κ3) is 5.35. The quantitative estimate of drug-likeness (QED) is 0.304. The smallest absolute Gasteiger partial charge is 0.304 e. The van der Waals surface area contributed by atoms with Crippen molar-refractivity contribution in [3.63, 3.8) is 0 Å². The van der Waals surface area contributed by atoms with E-state index >= 15 is 0 Å². The van der Waals surface area contributed by atoms with Crippen molar-refractivity contribution in [1.82, 2.24) is 15.0 Å². The van der Waals surface area contributed by atoms with Crippen LogP contribution in [0.4, 0.5) is 0 Å². The lowest BCUT2D eigenvalue weighted by atomic mass is 9.84. The number of methoxy groups -OCH3 is 1. The van der Waals surface area contributed by atoms with Gasteiger partial charge >= 0.3 is 5.97 Å². The molecule has 0 saturated heterocycles. The Kier molecular flexibility index (Phi) is 7.68. The maximum absolute atomic E-state index is 14.2. The van der Waals surface area contributed by atoms with Gasteiger partial charge in [0.25, 0.3) is 0 Å². The van der Waals surface area contributed by atoms with E-state index in [2.05, 4.69) is 17.2 Å². The lowest BCUT2D eigenvalue weighted by Crippen LogP contribution is -2.40. The minimum absolute atomic E-state index is 0.141. The Bertz CT molecular complexity index is 1730. The minimum Gasteiger partial charge on any atom is -0.494 e. The topological polar surface area (TPSA) is 111 Å². The van der Waals surface area contributed by atoms with Gasteiger partial charge in [0, 0.05) is 13.0 Å². The number of carbonyl (C=O) groups is 1. The highest BCUT2D eigenvalue weighted by atomic mass is 32.2. The van der Waals surface area contributed by atoms with Crippen molar-refractivity contribution in [1.29, 1.82) is 0 Å².